The Hall–Kier alpha value is -3.32. The molecule has 4 aromatic rings. The van der Waals surface area contributed by atoms with E-state index in [1.807, 2.05) is 32.2 Å². The molecule has 7 heteroatoms. The first-order chi connectivity index (χ1) is 14.1. The van der Waals surface area contributed by atoms with Crippen LogP contribution in [0, 0.1) is 13.8 Å². The topological polar surface area (TPSA) is 81.5 Å². The molecule has 0 radical (unpaired) electrons. The first kappa shape index (κ1) is 19.0. The molecule has 0 bridgehead atoms. The van der Waals surface area contributed by atoms with Gasteiger partial charge in [0.15, 0.2) is 5.78 Å². The van der Waals surface area contributed by atoms with E-state index in [9.17, 15) is 4.79 Å². The van der Waals surface area contributed by atoms with Crippen molar-refractivity contribution < 1.29 is 4.79 Å². The second-order valence-corrected chi connectivity index (χ2v) is 7.77. The first-order valence-electron chi connectivity index (χ1n) is 9.24. The summed E-state index contributed by atoms with van der Waals surface area (Å²) >= 11 is 1.35. The van der Waals surface area contributed by atoms with Gasteiger partial charge in [-0.1, -0.05) is 6.07 Å². The fourth-order valence-corrected chi connectivity index (χ4v) is 3.92. The van der Waals surface area contributed by atoms with Crippen LogP contribution in [0.25, 0.3) is 22.0 Å². The van der Waals surface area contributed by atoms with Crippen LogP contribution in [0.4, 0.5) is 0 Å². The van der Waals surface area contributed by atoms with Crippen LogP contribution >= 0.6 is 11.3 Å². The van der Waals surface area contributed by atoms with Gasteiger partial charge < -0.3 is 0 Å². The van der Waals surface area contributed by atoms with Gasteiger partial charge in [-0.25, -0.2) is 4.98 Å². The molecule has 4 heterocycles. The van der Waals surface area contributed by atoms with Gasteiger partial charge in [0.25, 0.3) is 0 Å². The van der Waals surface area contributed by atoms with Gasteiger partial charge in [-0.2, -0.15) is 0 Å². The van der Waals surface area contributed by atoms with Crippen LogP contribution in [0.5, 0.6) is 0 Å². The lowest BCUT2D eigenvalue weighted by atomic mass is 10.0. The number of Topliss-reactive ketones (excluding diaryl/α,β-unsaturated/α-hetero) is 1. The Kier molecular flexibility index (Phi) is 5.48. The zero-order valence-corrected chi connectivity index (χ0v) is 17.0. The molecule has 29 heavy (non-hydrogen) atoms. The van der Waals surface area contributed by atoms with Crippen molar-refractivity contribution in [1.82, 2.24) is 24.9 Å². The lowest BCUT2D eigenvalue weighted by molar-refractivity contribution is 0.0986. The van der Waals surface area contributed by atoms with Crippen LogP contribution in [-0.2, 0) is 6.42 Å². The normalized spacial score (nSPS) is 10.8. The maximum Gasteiger partial charge on any atom is 0.174 e. The van der Waals surface area contributed by atoms with Gasteiger partial charge >= 0.3 is 0 Å². The molecule has 0 saturated carbocycles. The summed E-state index contributed by atoms with van der Waals surface area (Å²) in [5.41, 5.74) is 5.77. The summed E-state index contributed by atoms with van der Waals surface area (Å²) < 4.78 is 0. The molecule has 0 atom stereocenters. The number of pyridine rings is 2. The number of aryl methyl sites for hydroxylation is 3. The van der Waals surface area contributed by atoms with E-state index in [1.165, 1.54) is 11.3 Å². The van der Waals surface area contributed by atoms with Crippen LogP contribution in [-0.4, -0.2) is 30.7 Å². The third-order valence-corrected chi connectivity index (χ3v) is 5.57. The lowest BCUT2D eigenvalue weighted by Crippen LogP contribution is -2.00. The van der Waals surface area contributed by atoms with Gasteiger partial charge in [-0.05, 0) is 43.5 Å². The molecule has 0 spiro atoms. The monoisotopic (exact) mass is 401 g/mol. The van der Waals surface area contributed by atoms with E-state index in [1.54, 1.807) is 31.0 Å². The molecule has 0 aliphatic rings. The Morgan fingerprint density at radius 1 is 0.966 bits per heavy atom. The summed E-state index contributed by atoms with van der Waals surface area (Å²) in [6, 6.07) is 6.09. The molecule has 4 rings (SSSR count). The summed E-state index contributed by atoms with van der Waals surface area (Å²) in [6.45, 7) is 4.01. The second kappa shape index (κ2) is 8.36. The SMILES string of the molecule is Cc1cc(-c2ncc(CCC(=O)c3cnc(-c4cnccn4)s3)cc2C)ccn1. The summed E-state index contributed by atoms with van der Waals surface area (Å²) in [5, 5.41) is 0.705. The Balaban J connectivity index is 1.43. The van der Waals surface area contributed by atoms with Crippen molar-refractivity contribution in [2.75, 3.05) is 0 Å². The third-order valence-electron chi connectivity index (χ3n) is 4.51. The number of hydrogen-bond donors (Lipinski definition) is 0. The average molecular weight is 401 g/mol. The number of thiazole rings is 1. The average Bonchev–Trinajstić information content (AvgIpc) is 3.23. The maximum atomic E-state index is 12.6. The summed E-state index contributed by atoms with van der Waals surface area (Å²) in [4.78, 5) is 34.6. The highest BCUT2D eigenvalue weighted by molar-refractivity contribution is 7.16. The molecular weight excluding hydrogens is 382 g/mol. The van der Waals surface area contributed by atoms with Crippen molar-refractivity contribution in [3.8, 4) is 22.0 Å². The molecule has 0 aliphatic heterocycles. The highest BCUT2D eigenvalue weighted by Crippen LogP contribution is 2.25. The highest BCUT2D eigenvalue weighted by Gasteiger charge is 2.13. The molecule has 6 nitrogen and oxygen atoms in total. The Bertz CT molecular complexity index is 1160. The van der Waals surface area contributed by atoms with Gasteiger partial charge in [0, 0.05) is 48.7 Å². The van der Waals surface area contributed by atoms with Crippen LogP contribution < -0.4 is 0 Å². The van der Waals surface area contributed by atoms with E-state index in [2.05, 4.69) is 31.0 Å². The molecule has 0 saturated heterocycles. The molecule has 0 amide bonds. The number of rotatable bonds is 6. The summed E-state index contributed by atoms with van der Waals surface area (Å²) in [6.07, 6.45) is 11.2. The molecule has 0 fully saturated rings. The van der Waals surface area contributed by atoms with Crippen LogP contribution in [0.3, 0.4) is 0 Å². The Morgan fingerprint density at radius 2 is 1.86 bits per heavy atom. The number of carbonyl (C=O) groups excluding carboxylic acids is 1. The van der Waals surface area contributed by atoms with Crippen LogP contribution in [0.1, 0.15) is 32.9 Å². The highest BCUT2D eigenvalue weighted by atomic mass is 32.1. The maximum absolute atomic E-state index is 12.6. The quantitative estimate of drug-likeness (QED) is 0.443. The minimum absolute atomic E-state index is 0.0733. The summed E-state index contributed by atoms with van der Waals surface area (Å²) in [5.74, 6) is 0.0733. The van der Waals surface area contributed by atoms with Crippen molar-refractivity contribution in [3.63, 3.8) is 0 Å². The van der Waals surface area contributed by atoms with Crippen molar-refractivity contribution in [2.45, 2.75) is 26.7 Å². The second-order valence-electron chi connectivity index (χ2n) is 6.74. The van der Waals surface area contributed by atoms with E-state index in [0.717, 1.165) is 28.1 Å². The minimum atomic E-state index is 0.0733. The first-order valence-corrected chi connectivity index (χ1v) is 10.1. The fraction of sp³-hybridized carbons (Fsp3) is 0.182. The predicted molar refractivity (Wildman–Crippen MR) is 113 cm³/mol. The van der Waals surface area contributed by atoms with Crippen molar-refractivity contribution in [2.24, 2.45) is 0 Å². The molecule has 0 unspecified atom stereocenters. The van der Waals surface area contributed by atoms with E-state index < -0.39 is 0 Å². The lowest BCUT2D eigenvalue weighted by Gasteiger charge is -2.08. The molecule has 0 N–H and O–H groups in total. The fourth-order valence-electron chi connectivity index (χ4n) is 3.08. The zero-order chi connectivity index (χ0) is 20.2. The molecule has 4 aromatic heterocycles. The van der Waals surface area contributed by atoms with Gasteiger partial charge in [0.05, 0.1) is 16.8 Å². The predicted octanol–water partition coefficient (Wildman–Crippen LogP) is 4.49. The summed E-state index contributed by atoms with van der Waals surface area (Å²) in [7, 11) is 0. The molecule has 0 aromatic carbocycles. The van der Waals surface area contributed by atoms with E-state index in [-0.39, 0.29) is 5.78 Å². The number of hydrogen-bond acceptors (Lipinski definition) is 7. The van der Waals surface area contributed by atoms with Crippen molar-refractivity contribution in [3.05, 3.63) is 77.1 Å². The standard InChI is InChI=1S/C22H19N5OS/c1-14-9-16(11-26-21(14)17-5-6-24-15(2)10-17)3-4-19(28)20-13-27-22(29-20)18-12-23-7-8-25-18/h5-13H,3-4H2,1-2H3. The van der Waals surface area contributed by atoms with Crippen molar-refractivity contribution >= 4 is 17.1 Å². The largest absolute Gasteiger partial charge is 0.293 e. The minimum Gasteiger partial charge on any atom is -0.293 e. The number of nitrogens with zero attached hydrogens (tertiary/aromatic N) is 5. The van der Waals surface area contributed by atoms with Crippen LogP contribution in [0.2, 0.25) is 0 Å². The number of carbonyl (C=O) groups is 1. The van der Waals surface area contributed by atoms with Gasteiger partial charge in [0.2, 0.25) is 0 Å². The van der Waals surface area contributed by atoms with Gasteiger partial charge in [-0.15, -0.1) is 11.3 Å². The van der Waals surface area contributed by atoms with Crippen LogP contribution in [0.15, 0.2) is 55.4 Å². The Labute approximate surface area is 172 Å². The van der Waals surface area contributed by atoms with Crippen molar-refractivity contribution in [1.29, 1.82) is 0 Å². The van der Waals surface area contributed by atoms with E-state index >= 15 is 0 Å². The molecular formula is C22H19N5OS. The number of aromatic nitrogens is 5. The molecule has 144 valence electrons. The smallest absolute Gasteiger partial charge is 0.174 e. The van der Waals surface area contributed by atoms with Gasteiger partial charge in [0.1, 0.15) is 10.7 Å². The third kappa shape index (κ3) is 4.41. The van der Waals surface area contributed by atoms with E-state index in [4.69, 9.17) is 0 Å². The van der Waals surface area contributed by atoms with E-state index in [0.29, 0.717) is 28.4 Å². The Morgan fingerprint density at radius 3 is 2.62 bits per heavy atom. The zero-order valence-electron chi connectivity index (χ0n) is 16.2. The number of ketones is 1. The molecule has 0 aliphatic carbocycles. The van der Waals surface area contributed by atoms with Gasteiger partial charge in [-0.3, -0.25) is 24.7 Å².